The number of hydrogen-bond acceptors (Lipinski definition) is 8. The van der Waals surface area contributed by atoms with Crippen molar-refractivity contribution >= 4 is 41.4 Å². The Morgan fingerprint density at radius 3 is 2.33 bits per heavy atom. The quantitative estimate of drug-likeness (QED) is 0.128. The molecule has 5 N–H and O–H groups in total. The molecule has 5 atom stereocenters. The first-order valence-electron chi connectivity index (χ1n) is 19.6. The summed E-state index contributed by atoms with van der Waals surface area (Å²) in [7, 11) is 0. The van der Waals surface area contributed by atoms with Crippen LogP contribution < -0.4 is 26.6 Å². The number of amides is 7. The molecule has 3 heterocycles. The molecule has 0 aromatic rings. The van der Waals surface area contributed by atoms with Crippen molar-refractivity contribution in [3.05, 3.63) is 24.8 Å². The third kappa shape index (κ3) is 13.7. The lowest BCUT2D eigenvalue weighted by molar-refractivity contribution is -0.153. The third-order valence-corrected chi connectivity index (χ3v) is 10.3. The Labute approximate surface area is 321 Å². The van der Waals surface area contributed by atoms with E-state index in [1.807, 2.05) is 48.5 Å². The summed E-state index contributed by atoms with van der Waals surface area (Å²) >= 11 is 0. The number of hydrogen-bond donors (Lipinski definition) is 5. The van der Waals surface area contributed by atoms with Crippen molar-refractivity contribution in [3.63, 3.8) is 0 Å². The second kappa shape index (κ2) is 20.0. The summed E-state index contributed by atoms with van der Waals surface area (Å²) in [6, 6.07) is -4.44. The summed E-state index contributed by atoms with van der Waals surface area (Å²) in [5.74, 6) is -3.13. The molecule has 2 saturated heterocycles. The molecule has 2 fully saturated rings. The smallest absolute Gasteiger partial charge is 0.315 e. The summed E-state index contributed by atoms with van der Waals surface area (Å²) < 4.78 is 0. The van der Waals surface area contributed by atoms with Crippen LogP contribution in [0.2, 0.25) is 0 Å². The number of likely N-dealkylation sites (tertiary alicyclic amines) is 1. The van der Waals surface area contributed by atoms with Gasteiger partial charge in [0.1, 0.15) is 18.1 Å². The van der Waals surface area contributed by atoms with Crippen molar-refractivity contribution in [1.82, 2.24) is 36.4 Å². The van der Waals surface area contributed by atoms with E-state index < -0.39 is 59.1 Å². The van der Waals surface area contributed by atoms with Crippen molar-refractivity contribution < 1.29 is 33.6 Å². The van der Waals surface area contributed by atoms with Crippen molar-refractivity contribution in [3.8, 4) is 0 Å². The third-order valence-electron chi connectivity index (χ3n) is 10.3. The van der Waals surface area contributed by atoms with Gasteiger partial charge in [-0.15, -0.1) is 6.58 Å². The Kier molecular flexibility index (Phi) is 16.4. The minimum absolute atomic E-state index is 0.0136. The zero-order chi connectivity index (χ0) is 40.2. The van der Waals surface area contributed by atoms with Gasteiger partial charge in [-0.1, -0.05) is 79.5 Å². The van der Waals surface area contributed by atoms with Crippen molar-refractivity contribution in [2.24, 2.45) is 22.7 Å². The minimum Gasteiger partial charge on any atom is -0.346 e. The number of fused-ring (bicyclic) bond motifs is 1. The molecule has 302 valence electrons. The lowest BCUT2D eigenvalue weighted by Gasteiger charge is -2.37. The van der Waals surface area contributed by atoms with Crippen LogP contribution in [-0.2, 0) is 28.8 Å². The summed E-state index contributed by atoms with van der Waals surface area (Å²) in [5.41, 5.74) is -0.696. The van der Waals surface area contributed by atoms with Gasteiger partial charge in [-0.3, -0.25) is 33.7 Å². The highest BCUT2D eigenvalue weighted by Crippen LogP contribution is 2.33. The van der Waals surface area contributed by atoms with Crippen LogP contribution in [0.4, 0.5) is 4.79 Å². The van der Waals surface area contributed by atoms with E-state index in [4.69, 9.17) is 0 Å². The SMILES string of the molecule is C=CCNC(=O)C(=O)[C@@H]1/C=C/CCCCCCNC[C@H](NC(=O)NC(CN2C(=O)CC(C)(C)CC2=O)CC(C)(C)C)C(=O)N2C[C@H](C(C)C)C[C@H]2C(=O)N1. The fraction of sp³-hybridized carbons (Fsp3) is 0.725. The molecule has 0 aliphatic carbocycles. The maximum absolute atomic E-state index is 14.5. The first kappa shape index (κ1) is 44.3. The number of Topliss-reactive ketones (excluding diaryl/α,β-unsaturated/α-hetero) is 1. The van der Waals surface area contributed by atoms with Gasteiger partial charge in [-0.25, -0.2) is 4.79 Å². The van der Waals surface area contributed by atoms with Crippen LogP contribution in [0.5, 0.6) is 0 Å². The molecule has 3 aliphatic heterocycles. The highest BCUT2D eigenvalue weighted by Gasteiger charge is 2.44. The van der Waals surface area contributed by atoms with Gasteiger partial charge in [0, 0.05) is 45.1 Å². The van der Waals surface area contributed by atoms with Gasteiger partial charge in [0.05, 0.1) is 0 Å². The van der Waals surface area contributed by atoms with E-state index in [-0.39, 0.29) is 68.1 Å². The van der Waals surface area contributed by atoms with Gasteiger partial charge >= 0.3 is 6.03 Å². The minimum atomic E-state index is -1.22. The largest absolute Gasteiger partial charge is 0.346 e. The lowest BCUT2D eigenvalue weighted by atomic mass is 9.81. The molecule has 0 saturated carbocycles. The Bertz CT molecular complexity index is 1400. The average Bonchev–Trinajstić information content (AvgIpc) is 3.52. The fourth-order valence-electron chi connectivity index (χ4n) is 7.35. The van der Waals surface area contributed by atoms with E-state index in [0.29, 0.717) is 25.8 Å². The lowest BCUT2D eigenvalue weighted by Crippen LogP contribution is -2.60. The van der Waals surface area contributed by atoms with Gasteiger partial charge in [-0.2, -0.15) is 0 Å². The number of urea groups is 1. The first-order valence-corrected chi connectivity index (χ1v) is 19.6. The molecular weight excluding hydrogens is 690 g/mol. The van der Waals surface area contributed by atoms with E-state index in [0.717, 1.165) is 25.7 Å². The molecular formula is C40H65N7O7. The number of rotatable bonds is 10. The highest BCUT2D eigenvalue weighted by atomic mass is 16.2. The molecule has 0 bridgehead atoms. The number of piperidine rings is 1. The predicted molar refractivity (Wildman–Crippen MR) is 207 cm³/mol. The molecule has 3 rings (SSSR count). The summed E-state index contributed by atoms with van der Waals surface area (Å²) in [6.07, 6.45) is 10.3. The molecule has 1 unspecified atom stereocenters. The average molecular weight is 756 g/mol. The molecule has 0 spiro atoms. The van der Waals surface area contributed by atoms with Crippen LogP contribution in [0.3, 0.4) is 0 Å². The summed E-state index contributed by atoms with van der Waals surface area (Å²) in [5, 5.41) is 14.4. The Balaban J connectivity index is 1.88. The van der Waals surface area contributed by atoms with E-state index in [1.54, 1.807) is 12.2 Å². The van der Waals surface area contributed by atoms with Gasteiger partial charge in [0.25, 0.3) is 5.91 Å². The standard InChI is InChI=1S/C40H65N7O7/c1-9-17-42-36(52)34(50)29-16-14-12-10-11-13-15-18-41-23-30(37(53)46-24-27(26(2)3)19-31(46)35(51)44-29)45-38(54)43-28(20-39(4,5)6)25-47-32(48)21-40(7,8)22-33(47)49/h9,14,16,26-31,41H,1,10-13,15,17-25H2,2-8H3,(H,42,52)(H,44,51)(H2,43,45,54)/b16-14+/t27-,28?,29+,30+,31+/m1/s1. The second-order valence-corrected chi connectivity index (χ2v) is 17.5. The predicted octanol–water partition coefficient (Wildman–Crippen LogP) is 2.97. The number of nitrogens with one attached hydrogen (secondary N) is 5. The Morgan fingerprint density at radius 2 is 1.70 bits per heavy atom. The summed E-state index contributed by atoms with van der Waals surface area (Å²) in [4.78, 5) is 96.8. The second-order valence-electron chi connectivity index (χ2n) is 17.5. The molecule has 14 nitrogen and oxygen atoms in total. The molecule has 0 aromatic heterocycles. The zero-order valence-corrected chi connectivity index (χ0v) is 33.6. The number of ketones is 1. The highest BCUT2D eigenvalue weighted by molar-refractivity contribution is 6.39. The van der Waals surface area contributed by atoms with Gasteiger partial charge in [-0.05, 0) is 61.3 Å². The van der Waals surface area contributed by atoms with Crippen molar-refractivity contribution in [1.29, 1.82) is 0 Å². The van der Waals surface area contributed by atoms with Gasteiger partial charge in [0.15, 0.2) is 0 Å². The monoisotopic (exact) mass is 755 g/mol. The van der Waals surface area contributed by atoms with E-state index in [2.05, 4.69) is 33.2 Å². The number of carbonyl (C=O) groups is 7. The number of carbonyl (C=O) groups excluding carboxylic acids is 7. The van der Waals surface area contributed by atoms with E-state index in [9.17, 15) is 33.6 Å². The van der Waals surface area contributed by atoms with Crippen LogP contribution in [0.25, 0.3) is 0 Å². The molecule has 0 aromatic carbocycles. The maximum atomic E-state index is 14.5. The van der Waals surface area contributed by atoms with E-state index >= 15 is 0 Å². The van der Waals surface area contributed by atoms with Crippen molar-refractivity contribution in [2.75, 3.05) is 32.7 Å². The van der Waals surface area contributed by atoms with E-state index in [1.165, 1.54) is 15.9 Å². The molecule has 0 radical (unpaired) electrons. The van der Waals surface area contributed by atoms with Crippen LogP contribution in [-0.4, -0.2) is 108 Å². The topological polar surface area (TPSA) is 186 Å². The maximum Gasteiger partial charge on any atom is 0.315 e. The van der Waals surface area contributed by atoms with Gasteiger partial charge in [0.2, 0.25) is 29.4 Å². The Hall–Kier alpha value is -4.07. The van der Waals surface area contributed by atoms with Crippen LogP contribution in [0.1, 0.15) is 106 Å². The normalized spacial score (nSPS) is 25.9. The molecule has 7 amide bonds. The summed E-state index contributed by atoms with van der Waals surface area (Å²) in [6.45, 7) is 18.5. The fourth-order valence-corrected chi connectivity index (χ4v) is 7.35. The molecule has 14 heteroatoms. The number of imide groups is 1. The Morgan fingerprint density at radius 1 is 1.04 bits per heavy atom. The van der Waals surface area contributed by atoms with Crippen LogP contribution in [0, 0.1) is 22.7 Å². The van der Waals surface area contributed by atoms with Crippen LogP contribution >= 0.6 is 0 Å². The van der Waals surface area contributed by atoms with Crippen molar-refractivity contribution in [2.45, 2.75) is 130 Å². The zero-order valence-electron chi connectivity index (χ0n) is 33.6. The number of nitrogens with zero attached hydrogens (tertiary/aromatic N) is 2. The number of allylic oxidation sites excluding steroid dienone is 1. The van der Waals surface area contributed by atoms with Crippen LogP contribution in [0.15, 0.2) is 24.8 Å². The first-order chi connectivity index (χ1) is 25.3. The van der Waals surface area contributed by atoms with Gasteiger partial charge < -0.3 is 31.5 Å². The molecule has 3 aliphatic rings. The molecule has 54 heavy (non-hydrogen) atoms.